The van der Waals surface area contributed by atoms with E-state index in [4.69, 9.17) is 4.74 Å². The van der Waals surface area contributed by atoms with E-state index in [1.54, 1.807) is 25.7 Å². The number of rotatable bonds is 11. The van der Waals surface area contributed by atoms with Gasteiger partial charge >= 0.3 is 6.09 Å². The summed E-state index contributed by atoms with van der Waals surface area (Å²) in [6.45, 7) is 15.6. The van der Waals surface area contributed by atoms with Crippen LogP contribution in [0.15, 0.2) is 66.7 Å². The van der Waals surface area contributed by atoms with Gasteiger partial charge in [0.2, 0.25) is 5.91 Å². The summed E-state index contributed by atoms with van der Waals surface area (Å²) in [4.78, 5) is 43.6. The summed E-state index contributed by atoms with van der Waals surface area (Å²) in [6, 6.07) is 19.4. The molecule has 0 bridgehead atoms. The number of para-hydroxylation sites is 1. The highest BCUT2D eigenvalue weighted by molar-refractivity contribution is 6.00. The lowest BCUT2D eigenvalue weighted by molar-refractivity contribution is -0.140. The fraction of sp³-hybridized carbons (Fsp3) is 0.417. The standard InChI is InChI=1S/C36H47N3O4/c1-9-10-22-39(34(41)30(23-28-19-12-11-13-20-28)37-35(42)43-36(6,7)8)32(29-21-15-16-24(2)27(29)5)33(40)38-31-25(3)17-14-18-26(31)4/h11-21,30,32H,9-10,22-23H2,1-8H3,(H,37,42)(H,38,40). The molecule has 7 heteroatoms. The number of carbonyl (C=O) groups excluding carboxylic acids is 3. The van der Waals surface area contributed by atoms with E-state index >= 15 is 0 Å². The number of nitrogens with zero attached hydrogens (tertiary/aromatic N) is 1. The van der Waals surface area contributed by atoms with E-state index < -0.39 is 23.8 Å². The van der Waals surface area contributed by atoms with Gasteiger partial charge in [-0.05, 0) is 88.3 Å². The van der Waals surface area contributed by atoms with Gasteiger partial charge in [0.25, 0.3) is 5.91 Å². The van der Waals surface area contributed by atoms with Crippen LogP contribution in [-0.4, -0.2) is 41.0 Å². The van der Waals surface area contributed by atoms with Gasteiger partial charge in [-0.3, -0.25) is 9.59 Å². The van der Waals surface area contributed by atoms with E-state index in [2.05, 4.69) is 10.6 Å². The topological polar surface area (TPSA) is 87.7 Å². The lowest BCUT2D eigenvalue weighted by Crippen LogP contribution is -2.53. The number of alkyl carbamates (subject to hydrolysis) is 1. The normalized spacial score (nSPS) is 12.7. The minimum Gasteiger partial charge on any atom is -0.444 e. The fourth-order valence-electron chi connectivity index (χ4n) is 5.12. The molecule has 2 N–H and O–H groups in total. The van der Waals surface area contributed by atoms with Crippen LogP contribution in [0.5, 0.6) is 0 Å². The summed E-state index contributed by atoms with van der Waals surface area (Å²) in [5.74, 6) is -0.642. The van der Waals surface area contributed by atoms with Crippen LogP contribution in [-0.2, 0) is 20.7 Å². The zero-order chi connectivity index (χ0) is 31.7. The van der Waals surface area contributed by atoms with Crippen LogP contribution < -0.4 is 10.6 Å². The largest absolute Gasteiger partial charge is 0.444 e. The monoisotopic (exact) mass is 585 g/mol. The third-order valence-corrected chi connectivity index (χ3v) is 7.54. The molecule has 3 rings (SSSR count). The Morgan fingerprint density at radius 3 is 2.05 bits per heavy atom. The molecule has 0 spiro atoms. The average Bonchev–Trinajstić information content (AvgIpc) is 2.94. The van der Waals surface area contributed by atoms with Crippen LogP contribution in [0.4, 0.5) is 10.5 Å². The molecule has 3 amide bonds. The molecule has 7 nitrogen and oxygen atoms in total. The SMILES string of the molecule is CCCCN(C(=O)C(Cc1ccccc1)NC(=O)OC(C)(C)C)C(C(=O)Nc1c(C)cccc1C)c1cccc(C)c1C. The smallest absolute Gasteiger partial charge is 0.408 e. The van der Waals surface area contributed by atoms with Gasteiger partial charge in [0.1, 0.15) is 17.7 Å². The predicted molar refractivity (Wildman–Crippen MR) is 173 cm³/mol. The fourth-order valence-corrected chi connectivity index (χ4v) is 5.12. The van der Waals surface area contributed by atoms with Gasteiger partial charge in [-0.2, -0.15) is 0 Å². The van der Waals surface area contributed by atoms with E-state index in [1.807, 2.05) is 101 Å². The van der Waals surface area contributed by atoms with Crippen LogP contribution in [0.25, 0.3) is 0 Å². The lowest BCUT2D eigenvalue weighted by Gasteiger charge is -2.35. The Labute approximate surface area is 257 Å². The Morgan fingerprint density at radius 2 is 1.44 bits per heavy atom. The number of amides is 3. The number of nitrogens with one attached hydrogen (secondary N) is 2. The highest BCUT2D eigenvalue weighted by Crippen LogP contribution is 2.30. The number of aryl methyl sites for hydroxylation is 3. The van der Waals surface area contributed by atoms with E-state index in [0.717, 1.165) is 45.5 Å². The molecular formula is C36H47N3O4. The molecule has 2 unspecified atom stereocenters. The van der Waals surface area contributed by atoms with Crippen molar-refractivity contribution in [1.29, 1.82) is 0 Å². The van der Waals surface area contributed by atoms with Crippen molar-refractivity contribution in [3.8, 4) is 0 Å². The minimum atomic E-state index is -0.949. The minimum absolute atomic E-state index is 0.250. The molecule has 0 aliphatic rings. The first kappa shape index (κ1) is 33.4. The molecule has 3 aromatic carbocycles. The number of carbonyl (C=O) groups is 3. The Morgan fingerprint density at radius 1 is 0.837 bits per heavy atom. The first-order chi connectivity index (χ1) is 20.3. The average molecular weight is 586 g/mol. The molecule has 230 valence electrons. The summed E-state index contributed by atoms with van der Waals surface area (Å²) in [5, 5.41) is 5.98. The third-order valence-electron chi connectivity index (χ3n) is 7.54. The molecule has 43 heavy (non-hydrogen) atoms. The Bertz CT molecular complexity index is 1390. The second kappa shape index (κ2) is 14.9. The van der Waals surface area contributed by atoms with Crippen molar-refractivity contribution in [3.63, 3.8) is 0 Å². The maximum Gasteiger partial charge on any atom is 0.408 e. The summed E-state index contributed by atoms with van der Waals surface area (Å²) in [5.41, 5.74) is 5.48. The molecule has 3 aromatic rings. The number of benzene rings is 3. The van der Waals surface area contributed by atoms with Crippen LogP contribution >= 0.6 is 0 Å². The van der Waals surface area contributed by atoms with E-state index in [-0.39, 0.29) is 18.2 Å². The maximum atomic E-state index is 14.6. The molecule has 0 radical (unpaired) electrons. The van der Waals surface area contributed by atoms with Gasteiger partial charge in [0.15, 0.2) is 0 Å². The van der Waals surface area contributed by atoms with Gasteiger partial charge in [-0.1, -0.05) is 80.1 Å². The van der Waals surface area contributed by atoms with E-state index in [9.17, 15) is 14.4 Å². The summed E-state index contributed by atoms with van der Waals surface area (Å²) < 4.78 is 5.55. The van der Waals surface area contributed by atoms with Crippen LogP contribution in [0.3, 0.4) is 0 Å². The predicted octanol–water partition coefficient (Wildman–Crippen LogP) is 7.36. The van der Waals surface area contributed by atoms with Crippen LogP contribution in [0.1, 0.15) is 80.0 Å². The summed E-state index contributed by atoms with van der Waals surface area (Å²) in [6.07, 6.45) is 1.08. The second-order valence-electron chi connectivity index (χ2n) is 12.2. The quantitative estimate of drug-likeness (QED) is 0.246. The van der Waals surface area contributed by atoms with Crippen molar-refractivity contribution < 1.29 is 19.1 Å². The first-order valence-electron chi connectivity index (χ1n) is 15.1. The third kappa shape index (κ3) is 9.18. The molecular weight excluding hydrogens is 538 g/mol. The second-order valence-corrected chi connectivity index (χ2v) is 12.2. The molecule has 0 aliphatic heterocycles. The highest BCUT2D eigenvalue weighted by atomic mass is 16.6. The molecule has 0 aliphatic carbocycles. The maximum absolute atomic E-state index is 14.6. The molecule has 0 fully saturated rings. The number of anilines is 1. The van der Waals surface area contributed by atoms with Crippen LogP contribution in [0, 0.1) is 27.7 Å². The zero-order valence-corrected chi connectivity index (χ0v) is 26.9. The lowest BCUT2D eigenvalue weighted by atomic mass is 9.94. The Balaban J connectivity index is 2.13. The van der Waals surface area contributed by atoms with Crippen molar-refractivity contribution in [2.45, 2.75) is 92.3 Å². The zero-order valence-electron chi connectivity index (χ0n) is 26.9. The molecule has 0 saturated heterocycles. The number of hydrogen-bond donors (Lipinski definition) is 2. The molecule has 0 aromatic heterocycles. The number of hydrogen-bond acceptors (Lipinski definition) is 4. The van der Waals surface area contributed by atoms with Gasteiger partial charge in [0, 0.05) is 18.7 Å². The molecule has 2 atom stereocenters. The van der Waals surface area contributed by atoms with Crippen molar-refractivity contribution in [3.05, 3.63) is 100 Å². The van der Waals surface area contributed by atoms with Crippen molar-refractivity contribution >= 4 is 23.6 Å². The summed E-state index contributed by atoms with van der Waals surface area (Å²) >= 11 is 0. The van der Waals surface area contributed by atoms with Gasteiger partial charge in [0.05, 0.1) is 0 Å². The van der Waals surface area contributed by atoms with Gasteiger partial charge < -0.3 is 20.3 Å². The van der Waals surface area contributed by atoms with Crippen molar-refractivity contribution in [1.82, 2.24) is 10.2 Å². The molecule has 0 saturated carbocycles. The van der Waals surface area contributed by atoms with Gasteiger partial charge in [-0.25, -0.2) is 4.79 Å². The molecule has 0 heterocycles. The van der Waals surface area contributed by atoms with Crippen molar-refractivity contribution in [2.24, 2.45) is 0 Å². The van der Waals surface area contributed by atoms with Crippen molar-refractivity contribution in [2.75, 3.05) is 11.9 Å². The first-order valence-corrected chi connectivity index (χ1v) is 15.1. The van der Waals surface area contributed by atoms with E-state index in [1.165, 1.54) is 0 Å². The van der Waals surface area contributed by atoms with Crippen LogP contribution in [0.2, 0.25) is 0 Å². The van der Waals surface area contributed by atoms with Gasteiger partial charge in [-0.15, -0.1) is 0 Å². The highest BCUT2D eigenvalue weighted by Gasteiger charge is 2.37. The Kier molecular flexibility index (Phi) is 11.5. The summed E-state index contributed by atoms with van der Waals surface area (Å²) in [7, 11) is 0. The Hall–Kier alpha value is -4.13. The van der Waals surface area contributed by atoms with E-state index in [0.29, 0.717) is 13.0 Å². The number of unbranched alkanes of at least 4 members (excludes halogenated alkanes) is 1. The number of ether oxygens (including phenoxy) is 1.